The maximum atomic E-state index is 4.56. The van der Waals surface area contributed by atoms with Crippen LogP contribution in [0.4, 0.5) is 17.5 Å². The fraction of sp³-hybridized carbons (Fsp3) is 0.238. The zero-order valence-corrected chi connectivity index (χ0v) is 15.6. The van der Waals surface area contributed by atoms with E-state index in [1.54, 1.807) is 18.6 Å². The molecule has 7 heteroatoms. The molecule has 142 valence electrons. The van der Waals surface area contributed by atoms with Crippen LogP contribution in [0.1, 0.15) is 6.42 Å². The van der Waals surface area contributed by atoms with Crippen molar-refractivity contribution in [3.8, 4) is 11.1 Å². The molecule has 0 spiro atoms. The average molecular weight is 373 g/mol. The number of aliphatic imine (C=N–C) groups is 1. The summed E-state index contributed by atoms with van der Waals surface area (Å²) < 4.78 is 0. The van der Waals surface area contributed by atoms with Gasteiger partial charge in [-0.25, -0.2) is 4.98 Å². The molecule has 3 heterocycles. The molecule has 4 rings (SSSR count). The number of hydrogen-bond acceptors (Lipinski definition) is 7. The molecule has 0 fully saturated rings. The summed E-state index contributed by atoms with van der Waals surface area (Å²) in [4.78, 5) is 19.5. The van der Waals surface area contributed by atoms with Crippen LogP contribution in [0.15, 0.2) is 66.0 Å². The van der Waals surface area contributed by atoms with Crippen molar-refractivity contribution >= 4 is 23.7 Å². The van der Waals surface area contributed by atoms with Crippen molar-refractivity contribution in [3.63, 3.8) is 0 Å². The lowest BCUT2D eigenvalue weighted by atomic mass is 10.1. The number of aromatic nitrogens is 3. The number of benzene rings is 1. The van der Waals surface area contributed by atoms with Crippen LogP contribution < -0.4 is 10.6 Å². The minimum Gasteiger partial charge on any atom is -0.370 e. The Morgan fingerprint density at radius 3 is 2.79 bits per heavy atom. The van der Waals surface area contributed by atoms with Crippen LogP contribution >= 0.6 is 0 Å². The van der Waals surface area contributed by atoms with Crippen molar-refractivity contribution in [2.75, 3.05) is 36.9 Å². The molecule has 0 amide bonds. The second kappa shape index (κ2) is 9.05. The molecule has 7 nitrogen and oxygen atoms in total. The molecule has 0 bridgehead atoms. The van der Waals surface area contributed by atoms with Crippen LogP contribution in [0.3, 0.4) is 0 Å². The zero-order chi connectivity index (χ0) is 19.0. The molecule has 0 aliphatic carbocycles. The summed E-state index contributed by atoms with van der Waals surface area (Å²) in [6, 6.07) is 14.1. The molecule has 3 aromatic rings. The third kappa shape index (κ3) is 4.89. The SMILES string of the molecule is C1=NCN(CCCNc2ccnc(Nc3cccc(-c4ccncc4)c3)n2)C1. The number of anilines is 3. The number of nitrogens with one attached hydrogen (secondary N) is 2. The third-order valence-electron chi connectivity index (χ3n) is 4.50. The van der Waals surface area contributed by atoms with Gasteiger partial charge < -0.3 is 10.6 Å². The number of hydrogen-bond donors (Lipinski definition) is 2. The van der Waals surface area contributed by atoms with Gasteiger partial charge in [-0.05, 0) is 47.9 Å². The predicted octanol–water partition coefficient (Wildman–Crippen LogP) is 3.43. The minimum absolute atomic E-state index is 0.574. The maximum Gasteiger partial charge on any atom is 0.229 e. The van der Waals surface area contributed by atoms with Gasteiger partial charge in [-0.1, -0.05) is 12.1 Å². The first-order valence-corrected chi connectivity index (χ1v) is 9.42. The Hall–Kier alpha value is -3.32. The van der Waals surface area contributed by atoms with Crippen molar-refractivity contribution in [1.82, 2.24) is 19.9 Å². The van der Waals surface area contributed by atoms with E-state index in [1.165, 1.54) is 0 Å². The third-order valence-corrected chi connectivity index (χ3v) is 4.50. The molecule has 0 atom stereocenters. The first-order valence-electron chi connectivity index (χ1n) is 9.42. The van der Waals surface area contributed by atoms with Crippen molar-refractivity contribution < 1.29 is 0 Å². The molecule has 28 heavy (non-hydrogen) atoms. The van der Waals surface area contributed by atoms with Gasteiger partial charge in [0.2, 0.25) is 5.95 Å². The van der Waals surface area contributed by atoms with Gasteiger partial charge in [0, 0.05) is 50.1 Å². The fourth-order valence-electron chi connectivity index (χ4n) is 3.05. The number of nitrogens with zero attached hydrogens (tertiary/aromatic N) is 5. The Morgan fingerprint density at radius 2 is 1.93 bits per heavy atom. The van der Waals surface area contributed by atoms with Gasteiger partial charge in [0.15, 0.2) is 0 Å². The summed E-state index contributed by atoms with van der Waals surface area (Å²) in [5, 5.41) is 6.65. The Kier molecular flexibility index (Phi) is 5.84. The number of rotatable bonds is 8. The van der Waals surface area contributed by atoms with Crippen LogP contribution in [0.25, 0.3) is 11.1 Å². The van der Waals surface area contributed by atoms with Crippen LogP contribution in [-0.2, 0) is 0 Å². The standard InChI is InChI=1S/C21H23N7/c1-3-18(17-5-9-22-10-6-17)15-19(4-1)26-21-25-11-7-20(27-21)24-8-2-13-28-14-12-23-16-28/h1,3-7,9-12,15H,2,8,13-14,16H2,(H2,24,25,26,27). The van der Waals surface area contributed by atoms with E-state index in [0.29, 0.717) is 5.95 Å². The summed E-state index contributed by atoms with van der Waals surface area (Å²) in [7, 11) is 0. The predicted molar refractivity (Wildman–Crippen MR) is 113 cm³/mol. The van der Waals surface area contributed by atoms with E-state index in [-0.39, 0.29) is 0 Å². The van der Waals surface area contributed by atoms with Crippen molar-refractivity contribution in [1.29, 1.82) is 0 Å². The van der Waals surface area contributed by atoms with E-state index in [9.17, 15) is 0 Å². The van der Waals surface area contributed by atoms with Gasteiger partial charge in [0.25, 0.3) is 0 Å². The largest absolute Gasteiger partial charge is 0.370 e. The Labute approximate surface area is 164 Å². The first kappa shape index (κ1) is 18.1. The molecule has 0 unspecified atom stereocenters. The minimum atomic E-state index is 0.574. The number of pyridine rings is 1. The second-order valence-electron chi connectivity index (χ2n) is 6.57. The van der Waals surface area contributed by atoms with Gasteiger partial charge >= 0.3 is 0 Å². The van der Waals surface area contributed by atoms with Crippen LogP contribution in [0.2, 0.25) is 0 Å². The summed E-state index contributed by atoms with van der Waals surface area (Å²) in [5.74, 6) is 1.39. The van der Waals surface area contributed by atoms with Crippen molar-refractivity contribution in [2.24, 2.45) is 4.99 Å². The van der Waals surface area contributed by atoms with Gasteiger partial charge in [-0.3, -0.25) is 14.9 Å². The van der Waals surface area contributed by atoms with Gasteiger partial charge in [-0.2, -0.15) is 4.98 Å². The van der Waals surface area contributed by atoms with E-state index in [4.69, 9.17) is 0 Å². The van der Waals surface area contributed by atoms with Crippen molar-refractivity contribution in [2.45, 2.75) is 6.42 Å². The van der Waals surface area contributed by atoms with Crippen LogP contribution in [0.5, 0.6) is 0 Å². The summed E-state index contributed by atoms with van der Waals surface area (Å²) in [6.45, 7) is 3.68. The molecule has 0 saturated heterocycles. The summed E-state index contributed by atoms with van der Waals surface area (Å²) in [5.41, 5.74) is 3.19. The van der Waals surface area contributed by atoms with E-state index >= 15 is 0 Å². The van der Waals surface area contributed by atoms with E-state index in [2.05, 4.69) is 47.6 Å². The monoisotopic (exact) mass is 373 g/mol. The lowest BCUT2D eigenvalue weighted by molar-refractivity contribution is 0.341. The zero-order valence-electron chi connectivity index (χ0n) is 15.6. The molecule has 1 aromatic carbocycles. The Morgan fingerprint density at radius 1 is 1.00 bits per heavy atom. The lowest BCUT2D eigenvalue weighted by Gasteiger charge is -2.13. The smallest absolute Gasteiger partial charge is 0.229 e. The van der Waals surface area contributed by atoms with E-state index in [1.807, 2.05) is 36.5 Å². The molecule has 2 aromatic heterocycles. The maximum absolute atomic E-state index is 4.56. The highest BCUT2D eigenvalue weighted by Crippen LogP contribution is 2.23. The Balaban J connectivity index is 1.34. The fourth-order valence-corrected chi connectivity index (χ4v) is 3.05. The van der Waals surface area contributed by atoms with E-state index < -0.39 is 0 Å². The topological polar surface area (TPSA) is 78.3 Å². The molecule has 2 N–H and O–H groups in total. The van der Waals surface area contributed by atoms with Gasteiger partial charge in [-0.15, -0.1) is 0 Å². The highest BCUT2D eigenvalue weighted by Gasteiger charge is 2.06. The van der Waals surface area contributed by atoms with Crippen LogP contribution in [-0.4, -0.2) is 52.4 Å². The average Bonchev–Trinajstić information content (AvgIpc) is 3.26. The molecule has 0 radical (unpaired) electrons. The van der Waals surface area contributed by atoms with Gasteiger partial charge in [0.1, 0.15) is 5.82 Å². The highest BCUT2D eigenvalue weighted by molar-refractivity contribution is 5.69. The molecule has 1 aliphatic heterocycles. The second-order valence-corrected chi connectivity index (χ2v) is 6.57. The summed E-state index contributed by atoms with van der Waals surface area (Å²) in [6.07, 6.45) is 8.37. The summed E-state index contributed by atoms with van der Waals surface area (Å²) >= 11 is 0. The highest BCUT2D eigenvalue weighted by atomic mass is 15.2. The molecular weight excluding hydrogens is 350 g/mol. The Bertz CT molecular complexity index is 919. The quantitative estimate of drug-likeness (QED) is 0.589. The normalized spacial score (nSPS) is 13.6. The first-order chi connectivity index (χ1) is 13.9. The van der Waals surface area contributed by atoms with Gasteiger partial charge in [0.05, 0.1) is 6.67 Å². The van der Waals surface area contributed by atoms with Crippen LogP contribution in [0, 0.1) is 0 Å². The van der Waals surface area contributed by atoms with Crippen molar-refractivity contribution in [3.05, 3.63) is 61.1 Å². The molecule has 1 aliphatic rings. The molecular formula is C21H23N7. The van der Waals surface area contributed by atoms with E-state index in [0.717, 1.165) is 55.4 Å². The molecule has 0 saturated carbocycles. The lowest BCUT2D eigenvalue weighted by Crippen LogP contribution is -2.23.